The molecule has 1 aromatic heterocycles. The number of nitrogens with zero attached hydrogens (tertiary/aromatic N) is 2. The van der Waals surface area contributed by atoms with Crippen LogP contribution in [-0.2, 0) is 20.7 Å². The minimum Gasteiger partial charge on any atom is -0.465 e. The van der Waals surface area contributed by atoms with E-state index in [0.29, 0.717) is 29.8 Å². The molecule has 0 radical (unpaired) electrons. The van der Waals surface area contributed by atoms with E-state index >= 15 is 0 Å². The zero-order valence-corrected chi connectivity index (χ0v) is 21.3. The molecule has 1 amide bonds. The molecule has 0 aliphatic carbocycles. The molecule has 2 aromatic carbocycles. The first-order chi connectivity index (χ1) is 16.7. The fourth-order valence-corrected chi connectivity index (χ4v) is 4.97. The zero-order valence-electron chi connectivity index (χ0n) is 21.3. The van der Waals surface area contributed by atoms with Crippen LogP contribution in [0.4, 0.5) is 0 Å². The fraction of sp³-hybridized carbons (Fsp3) is 0.267. The molecule has 1 aliphatic rings. The molecule has 0 saturated carbocycles. The van der Waals surface area contributed by atoms with Gasteiger partial charge in [0.25, 0.3) is 5.91 Å². The summed E-state index contributed by atoms with van der Waals surface area (Å²) in [6, 6.07) is 18.4. The van der Waals surface area contributed by atoms with Crippen molar-refractivity contribution in [3.63, 3.8) is 0 Å². The topological polar surface area (TPSA) is 51.5 Å². The minimum atomic E-state index is -0.493. The van der Waals surface area contributed by atoms with Crippen molar-refractivity contribution in [1.82, 2.24) is 9.47 Å². The minimum absolute atomic E-state index is 0.171. The number of carbonyl (C=O) groups excluding carboxylic acids is 2. The van der Waals surface area contributed by atoms with Crippen LogP contribution in [0.3, 0.4) is 0 Å². The molecular weight excluding hydrogens is 436 g/mol. The summed E-state index contributed by atoms with van der Waals surface area (Å²) in [4.78, 5) is 28.0. The Bertz CT molecular complexity index is 1340. The second-order valence-electron chi connectivity index (χ2n) is 9.10. The van der Waals surface area contributed by atoms with Crippen molar-refractivity contribution >= 4 is 18.0 Å². The summed E-state index contributed by atoms with van der Waals surface area (Å²) >= 11 is 0. The molecule has 0 bridgehead atoms. The third kappa shape index (κ3) is 4.46. The molecule has 0 N–H and O–H groups in total. The van der Waals surface area contributed by atoms with E-state index in [1.807, 2.05) is 50.3 Å². The Hall–Kier alpha value is -3.86. The van der Waals surface area contributed by atoms with Gasteiger partial charge >= 0.3 is 5.97 Å². The van der Waals surface area contributed by atoms with Crippen LogP contribution in [-0.4, -0.2) is 35.0 Å². The van der Waals surface area contributed by atoms with Gasteiger partial charge in [-0.05, 0) is 75.4 Å². The molecule has 0 unspecified atom stereocenters. The van der Waals surface area contributed by atoms with E-state index in [1.165, 1.54) is 18.2 Å². The van der Waals surface area contributed by atoms with Crippen molar-refractivity contribution in [3.05, 3.63) is 105 Å². The van der Waals surface area contributed by atoms with E-state index in [9.17, 15) is 9.59 Å². The molecule has 35 heavy (non-hydrogen) atoms. The maximum Gasteiger partial charge on any atom is 0.340 e. The fourth-order valence-electron chi connectivity index (χ4n) is 4.97. The van der Waals surface area contributed by atoms with Gasteiger partial charge in [-0.15, -0.1) is 0 Å². The van der Waals surface area contributed by atoms with E-state index in [4.69, 9.17) is 4.74 Å². The number of amides is 1. The van der Waals surface area contributed by atoms with Gasteiger partial charge in [-0.3, -0.25) is 4.79 Å². The van der Waals surface area contributed by atoms with Crippen LogP contribution in [0.25, 0.3) is 11.8 Å². The third-order valence-electron chi connectivity index (χ3n) is 6.80. The van der Waals surface area contributed by atoms with Crippen molar-refractivity contribution in [2.24, 2.45) is 0 Å². The van der Waals surface area contributed by atoms with Gasteiger partial charge in [0.05, 0.1) is 23.9 Å². The smallest absolute Gasteiger partial charge is 0.340 e. The number of methoxy groups -OCH3 is 1. The third-order valence-corrected chi connectivity index (χ3v) is 6.80. The number of esters is 1. The number of ether oxygens (including phenoxy) is 1. The van der Waals surface area contributed by atoms with E-state index < -0.39 is 5.97 Å². The average Bonchev–Trinajstić information content (AvgIpc) is 3.24. The molecule has 5 nitrogen and oxygen atoms in total. The van der Waals surface area contributed by atoms with Crippen LogP contribution in [0.1, 0.15) is 40.6 Å². The highest BCUT2D eigenvalue weighted by atomic mass is 16.5. The standard InChI is InChI=1S/C30H32N2O3/c1-19-11-10-12-20(2)28(19)32-21(3)17-25(22(32)4)18-26-27(30(34)35-6)23(5)31(29(26)33)16-15-24-13-8-7-9-14-24/h7-14,17-18H,15-16H2,1-6H3/b26-18-. The van der Waals surface area contributed by atoms with Crippen LogP contribution >= 0.6 is 0 Å². The summed E-state index contributed by atoms with van der Waals surface area (Å²) < 4.78 is 7.29. The van der Waals surface area contributed by atoms with Gasteiger partial charge in [0.15, 0.2) is 0 Å². The zero-order chi connectivity index (χ0) is 25.3. The number of hydrogen-bond acceptors (Lipinski definition) is 3. The predicted molar refractivity (Wildman–Crippen MR) is 139 cm³/mol. The number of carbonyl (C=O) groups is 2. The maximum absolute atomic E-state index is 13.6. The Labute approximate surface area is 207 Å². The first-order valence-corrected chi connectivity index (χ1v) is 11.9. The Balaban J connectivity index is 1.76. The molecule has 180 valence electrons. The Morgan fingerprint density at radius 1 is 0.943 bits per heavy atom. The van der Waals surface area contributed by atoms with E-state index in [2.05, 4.69) is 49.6 Å². The Kier molecular flexibility index (Phi) is 6.79. The lowest BCUT2D eigenvalue weighted by atomic mass is 10.0. The number of allylic oxidation sites excluding steroid dienone is 1. The van der Waals surface area contributed by atoms with E-state index in [0.717, 1.165) is 28.2 Å². The first kappa shape index (κ1) is 24.3. The normalized spacial score (nSPS) is 14.9. The molecule has 0 spiro atoms. The summed E-state index contributed by atoms with van der Waals surface area (Å²) in [5.74, 6) is -0.663. The van der Waals surface area contributed by atoms with Gasteiger partial charge in [0, 0.05) is 23.6 Å². The maximum atomic E-state index is 13.6. The number of benzene rings is 2. The summed E-state index contributed by atoms with van der Waals surface area (Å²) in [7, 11) is 1.35. The van der Waals surface area contributed by atoms with Gasteiger partial charge in [0.1, 0.15) is 0 Å². The van der Waals surface area contributed by atoms with Gasteiger partial charge in [-0.25, -0.2) is 4.79 Å². The number of aromatic nitrogens is 1. The van der Waals surface area contributed by atoms with Gasteiger partial charge in [-0.1, -0.05) is 48.5 Å². The number of para-hydroxylation sites is 1. The monoisotopic (exact) mass is 468 g/mol. The lowest BCUT2D eigenvalue weighted by molar-refractivity contribution is -0.136. The molecule has 0 saturated heterocycles. The molecule has 0 atom stereocenters. The molecule has 3 aromatic rings. The van der Waals surface area contributed by atoms with Crippen molar-refractivity contribution in [1.29, 1.82) is 0 Å². The van der Waals surface area contributed by atoms with Crippen molar-refractivity contribution in [2.75, 3.05) is 13.7 Å². The summed E-state index contributed by atoms with van der Waals surface area (Å²) in [6.45, 7) is 10.6. The first-order valence-electron chi connectivity index (χ1n) is 11.9. The highest BCUT2D eigenvalue weighted by molar-refractivity contribution is 6.16. The van der Waals surface area contributed by atoms with E-state index in [1.54, 1.807) is 4.90 Å². The molecule has 4 rings (SSSR count). The van der Waals surface area contributed by atoms with Crippen molar-refractivity contribution in [3.8, 4) is 5.69 Å². The highest BCUT2D eigenvalue weighted by Gasteiger charge is 2.37. The summed E-state index contributed by atoms with van der Waals surface area (Å²) in [5.41, 5.74) is 8.99. The number of rotatable bonds is 6. The molecule has 5 heteroatoms. The lowest BCUT2D eigenvalue weighted by Crippen LogP contribution is -2.27. The van der Waals surface area contributed by atoms with Crippen LogP contribution in [0.15, 0.2) is 71.4 Å². The second-order valence-corrected chi connectivity index (χ2v) is 9.10. The van der Waals surface area contributed by atoms with Crippen LogP contribution in [0, 0.1) is 27.7 Å². The van der Waals surface area contributed by atoms with Crippen LogP contribution < -0.4 is 0 Å². The summed E-state index contributed by atoms with van der Waals surface area (Å²) in [6.07, 6.45) is 2.54. The van der Waals surface area contributed by atoms with Gasteiger partial charge in [-0.2, -0.15) is 0 Å². The van der Waals surface area contributed by atoms with Crippen molar-refractivity contribution < 1.29 is 14.3 Å². The van der Waals surface area contributed by atoms with Crippen LogP contribution in [0.5, 0.6) is 0 Å². The SMILES string of the molecule is COC(=O)C1=C(C)N(CCc2ccccc2)C(=O)/C1=C\c1cc(C)n(-c2c(C)cccc2C)c1C. The number of hydrogen-bond donors (Lipinski definition) is 0. The molecule has 2 heterocycles. The molecular formula is C30H32N2O3. The van der Waals surface area contributed by atoms with Crippen molar-refractivity contribution in [2.45, 2.75) is 41.0 Å². The number of aryl methyl sites for hydroxylation is 3. The van der Waals surface area contributed by atoms with Crippen LogP contribution in [0.2, 0.25) is 0 Å². The summed E-state index contributed by atoms with van der Waals surface area (Å²) in [5, 5.41) is 0. The van der Waals surface area contributed by atoms with Gasteiger partial charge in [0.2, 0.25) is 0 Å². The van der Waals surface area contributed by atoms with Gasteiger partial charge < -0.3 is 14.2 Å². The van der Waals surface area contributed by atoms with E-state index in [-0.39, 0.29) is 5.91 Å². The quantitative estimate of drug-likeness (QED) is 0.348. The largest absolute Gasteiger partial charge is 0.465 e. The molecule has 0 fully saturated rings. The highest BCUT2D eigenvalue weighted by Crippen LogP contribution is 2.34. The Morgan fingerprint density at radius 3 is 2.23 bits per heavy atom. The predicted octanol–water partition coefficient (Wildman–Crippen LogP) is 5.63. The second kappa shape index (κ2) is 9.79. The Morgan fingerprint density at radius 2 is 1.60 bits per heavy atom. The lowest BCUT2D eigenvalue weighted by Gasteiger charge is -2.17. The molecule has 1 aliphatic heterocycles. The average molecular weight is 469 g/mol.